The standard InChI is InChI=1S/C24H20BrFN4O/c1-28-15-29(13-16-5-8-19(26)9-6-16)14-18-12-17(7-10-20(18)28)22(31)24-27-23(25)21-4-2-3-11-30(21)24/h2-12H,13-15H2,1H3. The fourth-order valence-electron chi connectivity index (χ4n) is 4.14. The van der Waals surface area contributed by atoms with E-state index < -0.39 is 0 Å². The van der Waals surface area contributed by atoms with E-state index in [4.69, 9.17) is 0 Å². The number of halogens is 2. The van der Waals surface area contributed by atoms with Gasteiger partial charge < -0.3 is 4.90 Å². The summed E-state index contributed by atoms with van der Waals surface area (Å²) in [5.41, 5.74) is 4.72. The van der Waals surface area contributed by atoms with Crippen molar-refractivity contribution >= 4 is 32.9 Å². The van der Waals surface area contributed by atoms with E-state index in [0.29, 0.717) is 29.1 Å². The summed E-state index contributed by atoms with van der Waals surface area (Å²) in [5.74, 6) is 0.0360. The SMILES string of the molecule is CN1CN(Cc2ccc(F)cc2)Cc2cc(C(=O)c3nc(Br)c4ccccn34)ccc21. The third-order valence-electron chi connectivity index (χ3n) is 5.59. The van der Waals surface area contributed by atoms with Crippen molar-refractivity contribution in [3.8, 4) is 0 Å². The molecule has 0 N–H and O–H groups in total. The van der Waals surface area contributed by atoms with Crippen LogP contribution in [0.1, 0.15) is 27.3 Å². The van der Waals surface area contributed by atoms with Crippen LogP contribution < -0.4 is 4.90 Å². The van der Waals surface area contributed by atoms with Gasteiger partial charge in [0.05, 0.1) is 12.2 Å². The topological polar surface area (TPSA) is 40.8 Å². The number of anilines is 1. The fourth-order valence-corrected chi connectivity index (χ4v) is 4.63. The molecule has 0 spiro atoms. The largest absolute Gasteiger partial charge is 0.361 e. The van der Waals surface area contributed by atoms with E-state index in [-0.39, 0.29) is 11.6 Å². The summed E-state index contributed by atoms with van der Waals surface area (Å²) in [6.45, 7) is 2.18. The van der Waals surface area contributed by atoms with Crippen LogP contribution in [0.2, 0.25) is 0 Å². The number of rotatable bonds is 4. The summed E-state index contributed by atoms with van der Waals surface area (Å²) in [6.07, 6.45) is 1.84. The summed E-state index contributed by atoms with van der Waals surface area (Å²) < 4.78 is 15.7. The Balaban J connectivity index is 1.44. The first kappa shape index (κ1) is 19.9. The molecule has 0 aliphatic carbocycles. The van der Waals surface area contributed by atoms with E-state index in [2.05, 4.69) is 30.7 Å². The highest BCUT2D eigenvalue weighted by atomic mass is 79.9. The molecule has 0 saturated heterocycles. The number of benzene rings is 2. The second kappa shape index (κ2) is 7.90. The van der Waals surface area contributed by atoms with Gasteiger partial charge in [0.25, 0.3) is 0 Å². The number of carbonyl (C=O) groups is 1. The van der Waals surface area contributed by atoms with Gasteiger partial charge in [-0.3, -0.25) is 14.1 Å². The van der Waals surface area contributed by atoms with Crippen LogP contribution in [0, 0.1) is 5.82 Å². The molecular weight excluding hydrogens is 459 g/mol. The minimum atomic E-state index is -0.230. The smallest absolute Gasteiger partial charge is 0.228 e. The van der Waals surface area contributed by atoms with Crippen molar-refractivity contribution < 1.29 is 9.18 Å². The zero-order valence-electron chi connectivity index (χ0n) is 16.9. The highest BCUT2D eigenvalue weighted by molar-refractivity contribution is 9.10. The number of hydrogen-bond acceptors (Lipinski definition) is 4. The number of imidazole rings is 1. The molecule has 3 heterocycles. The molecule has 0 radical (unpaired) electrons. The maximum Gasteiger partial charge on any atom is 0.228 e. The van der Waals surface area contributed by atoms with Gasteiger partial charge in [-0.25, -0.2) is 9.37 Å². The third kappa shape index (κ3) is 3.75. The fraction of sp³-hybridized carbons (Fsp3) is 0.167. The molecule has 31 heavy (non-hydrogen) atoms. The van der Waals surface area contributed by atoms with Crippen molar-refractivity contribution in [2.75, 3.05) is 18.6 Å². The Labute approximate surface area is 187 Å². The van der Waals surface area contributed by atoms with Gasteiger partial charge in [0.15, 0.2) is 5.82 Å². The van der Waals surface area contributed by atoms with E-state index in [0.717, 1.165) is 29.0 Å². The monoisotopic (exact) mass is 478 g/mol. The van der Waals surface area contributed by atoms with Crippen LogP contribution in [0.3, 0.4) is 0 Å². The molecule has 0 amide bonds. The van der Waals surface area contributed by atoms with Crippen LogP contribution in [0.4, 0.5) is 10.1 Å². The van der Waals surface area contributed by atoms with Crippen molar-refractivity contribution in [2.24, 2.45) is 0 Å². The van der Waals surface area contributed by atoms with E-state index in [1.54, 1.807) is 4.40 Å². The molecule has 0 saturated carbocycles. The number of carbonyl (C=O) groups excluding carboxylic acids is 1. The summed E-state index contributed by atoms with van der Waals surface area (Å²) in [7, 11) is 2.04. The Morgan fingerprint density at radius 2 is 1.94 bits per heavy atom. The number of pyridine rings is 1. The lowest BCUT2D eigenvalue weighted by Crippen LogP contribution is -2.39. The lowest BCUT2D eigenvalue weighted by Gasteiger charge is -2.36. The lowest BCUT2D eigenvalue weighted by atomic mass is 10.0. The number of fused-ring (bicyclic) bond motifs is 2. The number of hydrogen-bond donors (Lipinski definition) is 0. The lowest BCUT2D eigenvalue weighted by molar-refractivity contribution is 0.102. The van der Waals surface area contributed by atoms with Gasteiger partial charge in [0.1, 0.15) is 10.4 Å². The van der Waals surface area contributed by atoms with E-state index in [1.807, 2.05) is 61.8 Å². The van der Waals surface area contributed by atoms with E-state index >= 15 is 0 Å². The summed E-state index contributed by atoms with van der Waals surface area (Å²) in [6, 6.07) is 18.1. The summed E-state index contributed by atoms with van der Waals surface area (Å²) in [4.78, 5) is 22.2. The van der Waals surface area contributed by atoms with Gasteiger partial charge in [-0.1, -0.05) is 18.2 Å². The summed E-state index contributed by atoms with van der Waals surface area (Å²) in [5, 5.41) is 0. The highest BCUT2D eigenvalue weighted by Crippen LogP contribution is 2.29. The second-order valence-electron chi connectivity index (χ2n) is 7.81. The molecule has 2 aromatic carbocycles. The molecule has 0 bridgehead atoms. The third-order valence-corrected chi connectivity index (χ3v) is 6.17. The van der Waals surface area contributed by atoms with E-state index in [1.165, 1.54) is 12.1 Å². The Morgan fingerprint density at radius 1 is 1.13 bits per heavy atom. The molecule has 0 unspecified atom stereocenters. The van der Waals surface area contributed by atoms with Crippen molar-refractivity contribution in [2.45, 2.75) is 13.1 Å². The first-order chi connectivity index (χ1) is 15.0. The van der Waals surface area contributed by atoms with Gasteiger partial charge in [-0.15, -0.1) is 0 Å². The molecule has 0 atom stereocenters. The molecule has 5 rings (SSSR count). The zero-order valence-corrected chi connectivity index (χ0v) is 18.5. The second-order valence-corrected chi connectivity index (χ2v) is 8.56. The van der Waals surface area contributed by atoms with Crippen LogP contribution in [-0.4, -0.2) is 33.8 Å². The normalized spacial score (nSPS) is 14.1. The molecular formula is C24H20BrFN4O. The molecule has 156 valence electrons. The van der Waals surface area contributed by atoms with Crippen LogP contribution in [0.5, 0.6) is 0 Å². The number of nitrogens with zero attached hydrogens (tertiary/aromatic N) is 4. The van der Waals surface area contributed by atoms with Gasteiger partial charge in [-0.05, 0) is 69.5 Å². The van der Waals surface area contributed by atoms with Gasteiger partial charge in [0, 0.05) is 37.6 Å². The van der Waals surface area contributed by atoms with Crippen molar-refractivity contribution in [3.05, 3.63) is 99.8 Å². The number of aromatic nitrogens is 2. The number of ketones is 1. The molecule has 2 aromatic heterocycles. The Bertz CT molecular complexity index is 1280. The molecule has 0 fully saturated rings. The van der Waals surface area contributed by atoms with Crippen molar-refractivity contribution in [1.82, 2.24) is 14.3 Å². The highest BCUT2D eigenvalue weighted by Gasteiger charge is 2.23. The zero-order chi connectivity index (χ0) is 21.5. The Morgan fingerprint density at radius 3 is 2.74 bits per heavy atom. The van der Waals surface area contributed by atoms with Crippen molar-refractivity contribution in [1.29, 1.82) is 0 Å². The van der Waals surface area contributed by atoms with Crippen LogP contribution in [0.25, 0.3) is 5.52 Å². The van der Waals surface area contributed by atoms with Gasteiger partial charge in [-0.2, -0.15) is 0 Å². The molecule has 5 nitrogen and oxygen atoms in total. The quantitative estimate of drug-likeness (QED) is 0.392. The Kier molecular flexibility index (Phi) is 5.08. The van der Waals surface area contributed by atoms with E-state index in [9.17, 15) is 9.18 Å². The Hall–Kier alpha value is -3.03. The van der Waals surface area contributed by atoms with Crippen LogP contribution in [-0.2, 0) is 13.1 Å². The first-order valence-corrected chi connectivity index (χ1v) is 10.8. The predicted molar refractivity (Wildman–Crippen MR) is 122 cm³/mol. The average Bonchev–Trinajstić information content (AvgIpc) is 3.11. The first-order valence-electron chi connectivity index (χ1n) is 9.98. The summed E-state index contributed by atoms with van der Waals surface area (Å²) >= 11 is 3.45. The molecule has 1 aliphatic rings. The van der Waals surface area contributed by atoms with Crippen LogP contribution >= 0.6 is 15.9 Å². The molecule has 4 aromatic rings. The van der Waals surface area contributed by atoms with Gasteiger partial charge >= 0.3 is 0 Å². The molecule has 7 heteroatoms. The molecule has 1 aliphatic heterocycles. The van der Waals surface area contributed by atoms with Gasteiger partial charge in [0.2, 0.25) is 5.78 Å². The minimum absolute atomic E-state index is 0.118. The maximum atomic E-state index is 13.3. The van der Waals surface area contributed by atoms with Crippen LogP contribution in [0.15, 0.2) is 71.5 Å². The maximum absolute atomic E-state index is 13.3. The van der Waals surface area contributed by atoms with Crippen molar-refractivity contribution in [3.63, 3.8) is 0 Å². The average molecular weight is 479 g/mol. The minimum Gasteiger partial charge on any atom is -0.361 e. The predicted octanol–water partition coefficient (Wildman–Crippen LogP) is 4.88.